The summed E-state index contributed by atoms with van der Waals surface area (Å²) >= 11 is 5.99. The van der Waals surface area contributed by atoms with Crippen LogP contribution in [0.4, 0.5) is 0 Å². The maximum absolute atomic E-state index is 12.6. The van der Waals surface area contributed by atoms with E-state index in [4.69, 9.17) is 25.3 Å². The van der Waals surface area contributed by atoms with Crippen molar-refractivity contribution in [3.05, 3.63) is 75.2 Å². The van der Waals surface area contributed by atoms with Gasteiger partial charge in [0.25, 0.3) is 0 Å². The molecule has 0 atom stereocenters. The van der Waals surface area contributed by atoms with Crippen molar-refractivity contribution < 1.29 is 13.7 Å². The minimum atomic E-state index is -0.451. The van der Waals surface area contributed by atoms with Gasteiger partial charge < -0.3 is 13.7 Å². The highest BCUT2D eigenvalue weighted by atomic mass is 35.5. The van der Waals surface area contributed by atoms with Gasteiger partial charge in [-0.15, -0.1) is 12.8 Å². The molecule has 5 rings (SSSR count). The summed E-state index contributed by atoms with van der Waals surface area (Å²) < 4.78 is 18.1. The van der Waals surface area contributed by atoms with E-state index in [0.717, 1.165) is 27.8 Å². The lowest BCUT2D eigenvalue weighted by Gasteiger charge is -2.11. The normalized spacial score (nSPS) is 10.8. The standard InChI is InChI=1S/C23H18ClN3O4.C2H2/c1-12-21(13(2)31-26-12)17-8-18-16(9-19(17)29-3)22-20(10-25-18)30-23(28)27(22)11-14-4-6-15(24)7-5-14;1-2/h4-10H,11H2,1-3H3;1-2H. The Morgan fingerprint density at radius 1 is 1.15 bits per heavy atom. The van der Waals surface area contributed by atoms with Gasteiger partial charge in [-0.2, -0.15) is 0 Å². The zero-order valence-electron chi connectivity index (χ0n) is 18.3. The van der Waals surface area contributed by atoms with Crippen LogP contribution in [-0.4, -0.2) is 21.8 Å². The van der Waals surface area contributed by atoms with Crippen LogP contribution in [0.15, 0.2) is 56.3 Å². The number of halogens is 1. The van der Waals surface area contributed by atoms with E-state index >= 15 is 0 Å². The zero-order chi connectivity index (χ0) is 23.7. The average Bonchev–Trinajstić information content (AvgIpc) is 3.33. The molecule has 3 aromatic heterocycles. The van der Waals surface area contributed by atoms with E-state index in [9.17, 15) is 4.79 Å². The first-order valence-corrected chi connectivity index (χ1v) is 10.3. The minimum absolute atomic E-state index is 0.343. The summed E-state index contributed by atoms with van der Waals surface area (Å²) in [7, 11) is 1.60. The van der Waals surface area contributed by atoms with Gasteiger partial charge in [-0.3, -0.25) is 9.55 Å². The van der Waals surface area contributed by atoms with E-state index < -0.39 is 5.76 Å². The molecule has 0 radical (unpaired) electrons. The van der Waals surface area contributed by atoms with Gasteiger partial charge in [-0.05, 0) is 43.7 Å². The highest BCUT2D eigenvalue weighted by Gasteiger charge is 2.20. The minimum Gasteiger partial charge on any atom is -0.496 e. The molecule has 0 fully saturated rings. The number of rotatable bonds is 4. The third kappa shape index (κ3) is 3.86. The molecule has 0 amide bonds. The number of benzene rings is 2. The molecule has 0 bridgehead atoms. The molecule has 0 unspecified atom stereocenters. The molecule has 0 saturated carbocycles. The number of methoxy groups -OCH3 is 1. The summed E-state index contributed by atoms with van der Waals surface area (Å²) in [6.07, 6.45) is 9.57. The molecule has 0 aliphatic rings. The lowest BCUT2D eigenvalue weighted by molar-refractivity contribution is 0.393. The second-order valence-corrected chi connectivity index (χ2v) is 7.76. The van der Waals surface area contributed by atoms with Crippen molar-refractivity contribution in [1.29, 1.82) is 0 Å². The van der Waals surface area contributed by atoms with Crippen molar-refractivity contribution in [2.45, 2.75) is 20.4 Å². The molecule has 0 N–H and O–H groups in total. The lowest BCUT2D eigenvalue weighted by atomic mass is 10.0. The van der Waals surface area contributed by atoms with Gasteiger partial charge in [0.2, 0.25) is 0 Å². The van der Waals surface area contributed by atoms with Crippen molar-refractivity contribution in [2.75, 3.05) is 7.11 Å². The monoisotopic (exact) mass is 461 g/mol. The number of hydrogen-bond acceptors (Lipinski definition) is 6. The molecular formula is C25H20ClN3O4. The molecule has 0 aliphatic heterocycles. The fourth-order valence-electron chi connectivity index (χ4n) is 3.93. The number of terminal acetylenes is 1. The highest BCUT2D eigenvalue weighted by molar-refractivity contribution is 6.30. The molecule has 166 valence electrons. The molecule has 33 heavy (non-hydrogen) atoms. The maximum Gasteiger partial charge on any atom is 0.420 e. The largest absolute Gasteiger partial charge is 0.496 e. The molecular weight excluding hydrogens is 442 g/mol. The van der Waals surface area contributed by atoms with Gasteiger partial charge in [-0.25, -0.2) is 4.79 Å². The van der Waals surface area contributed by atoms with Crippen LogP contribution in [0.5, 0.6) is 5.75 Å². The number of nitrogens with zero attached hydrogens (tertiary/aromatic N) is 3. The molecule has 0 saturated heterocycles. The predicted octanol–water partition coefficient (Wildman–Crippen LogP) is 5.37. The zero-order valence-corrected chi connectivity index (χ0v) is 19.0. The third-order valence-corrected chi connectivity index (χ3v) is 5.62. The third-order valence-electron chi connectivity index (χ3n) is 5.37. The lowest BCUT2D eigenvalue weighted by Crippen LogP contribution is -2.15. The van der Waals surface area contributed by atoms with Gasteiger partial charge in [0.05, 0.1) is 36.6 Å². The van der Waals surface area contributed by atoms with E-state index in [1.54, 1.807) is 30.0 Å². The van der Waals surface area contributed by atoms with E-state index in [2.05, 4.69) is 23.0 Å². The summed E-state index contributed by atoms with van der Waals surface area (Å²) in [5.41, 5.74) is 5.17. The maximum atomic E-state index is 12.6. The first-order chi connectivity index (χ1) is 16.0. The second kappa shape index (κ2) is 8.85. The molecule has 0 aliphatic carbocycles. The summed E-state index contributed by atoms with van der Waals surface area (Å²) in [5, 5.41) is 5.44. The van der Waals surface area contributed by atoms with Crippen LogP contribution in [0.1, 0.15) is 17.0 Å². The molecule has 7 nitrogen and oxygen atoms in total. The average molecular weight is 462 g/mol. The van der Waals surface area contributed by atoms with Crippen LogP contribution in [0, 0.1) is 26.7 Å². The summed E-state index contributed by atoms with van der Waals surface area (Å²) in [6.45, 7) is 4.08. The van der Waals surface area contributed by atoms with Crippen LogP contribution < -0.4 is 10.5 Å². The number of ether oxygens (including phenoxy) is 1. The van der Waals surface area contributed by atoms with Gasteiger partial charge in [0.15, 0.2) is 5.58 Å². The second-order valence-electron chi connectivity index (χ2n) is 7.32. The Balaban J connectivity index is 0.00000126. The van der Waals surface area contributed by atoms with Crippen LogP contribution in [-0.2, 0) is 6.54 Å². The van der Waals surface area contributed by atoms with E-state index in [1.807, 2.05) is 38.1 Å². The van der Waals surface area contributed by atoms with Gasteiger partial charge in [-0.1, -0.05) is 28.9 Å². The summed E-state index contributed by atoms with van der Waals surface area (Å²) in [4.78, 5) is 17.2. The Labute approximate surface area is 194 Å². The number of aryl methyl sites for hydroxylation is 2. The first kappa shape index (κ1) is 22.2. The molecule has 3 heterocycles. The van der Waals surface area contributed by atoms with Crippen LogP contribution >= 0.6 is 11.6 Å². The summed E-state index contributed by atoms with van der Waals surface area (Å²) in [5.74, 6) is 0.870. The quantitative estimate of drug-likeness (QED) is 0.334. The fourth-order valence-corrected chi connectivity index (χ4v) is 4.05. The van der Waals surface area contributed by atoms with Crippen molar-refractivity contribution in [1.82, 2.24) is 14.7 Å². The fraction of sp³-hybridized carbons (Fsp3) is 0.160. The van der Waals surface area contributed by atoms with E-state index in [1.165, 1.54) is 0 Å². The van der Waals surface area contributed by atoms with Gasteiger partial charge in [0.1, 0.15) is 17.0 Å². The molecule has 2 aromatic carbocycles. The number of pyridine rings is 1. The number of oxazole rings is 1. The van der Waals surface area contributed by atoms with Crippen LogP contribution in [0.3, 0.4) is 0 Å². The molecule has 5 aromatic rings. The van der Waals surface area contributed by atoms with Crippen molar-refractivity contribution in [2.24, 2.45) is 0 Å². The Bertz CT molecular complexity index is 1520. The van der Waals surface area contributed by atoms with E-state index in [-0.39, 0.29) is 0 Å². The number of fused-ring (bicyclic) bond motifs is 3. The number of aromatic nitrogens is 3. The first-order valence-electron chi connectivity index (χ1n) is 9.97. The Kier molecular flexibility index (Phi) is 5.95. The smallest absolute Gasteiger partial charge is 0.420 e. The van der Waals surface area contributed by atoms with Gasteiger partial charge >= 0.3 is 5.76 Å². The van der Waals surface area contributed by atoms with Crippen LogP contribution in [0.2, 0.25) is 5.02 Å². The van der Waals surface area contributed by atoms with Crippen molar-refractivity contribution in [3.8, 4) is 29.7 Å². The molecule has 0 spiro atoms. The molecule has 8 heteroatoms. The predicted molar refractivity (Wildman–Crippen MR) is 128 cm³/mol. The van der Waals surface area contributed by atoms with Crippen molar-refractivity contribution >= 4 is 33.6 Å². The van der Waals surface area contributed by atoms with Crippen molar-refractivity contribution in [3.63, 3.8) is 0 Å². The van der Waals surface area contributed by atoms with E-state index in [0.29, 0.717) is 39.7 Å². The Morgan fingerprint density at radius 3 is 2.52 bits per heavy atom. The number of hydrogen-bond donors (Lipinski definition) is 0. The summed E-state index contributed by atoms with van der Waals surface area (Å²) in [6, 6.07) is 11.1. The van der Waals surface area contributed by atoms with Crippen LogP contribution in [0.25, 0.3) is 33.1 Å². The SMILES string of the molecule is C#C.COc1cc2c(cc1-c1c(C)noc1C)ncc1oc(=O)n(Cc3ccc(Cl)cc3)c12. The topological polar surface area (TPSA) is 83.3 Å². The van der Waals surface area contributed by atoms with Gasteiger partial charge in [0, 0.05) is 16.0 Å². The Morgan fingerprint density at radius 2 is 1.88 bits per heavy atom. The Hall–Kier alpha value is -4.02. The highest BCUT2D eigenvalue weighted by Crippen LogP contribution is 2.38.